The van der Waals surface area contributed by atoms with Gasteiger partial charge in [0.1, 0.15) is 23.9 Å². The van der Waals surface area contributed by atoms with Crippen LogP contribution in [0.5, 0.6) is 0 Å². The number of aryl methyl sites for hydroxylation is 1. The maximum Gasteiger partial charge on any atom is 0.164 e. The first-order valence-corrected chi connectivity index (χ1v) is 12.2. The van der Waals surface area contributed by atoms with Gasteiger partial charge in [-0.05, 0) is 60.1 Å². The number of carbonyl (C=O) groups is 1. The summed E-state index contributed by atoms with van der Waals surface area (Å²) in [5.74, 6) is 0.285. The lowest BCUT2D eigenvalue weighted by molar-refractivity contribution is -0.133. The Balaban J connectivity index is 1.38. The summed E-state index contributed by atoms with van der Waals surface area (Å²) < 4.78 is 2.59. The van der Waals surface area contributed by atoms with E-state index in [1.165, 1.54) is 6.33 Å². The summed E-state index contributed by atoms with van der Waals surface area (Å²) >= 11 is 3.40. The third-order valence-electron chi connectivity index (χ3n) is 7.77. The average Bonchev–Trinajstić information content (AvgIpc) is 3.44. The number of aliphatic hydroxyl groups is 2. The predicted molar refractivity (Wildman–Crippen MR) is 135 cm³/mol. The van der Waals surface area contributed by atoms with Crippen molar-refractivity contribution >= 4 is 49.5 Å². The lowest BCUT2D eigenvalue weighted by atomic mass is 9.79. The Morgan fingerprint density at radius 3 is 2.80 bits per heavy atom. The number of likely N-dealkylation sites (tertiary alicyclic amines) is 1. The molecular formula is C25H25BrN6O3. The summed E-state index contributed by atoms with van der Waals surface area (Å²) in [6, 6.07) is 8.49. The second-order valence-corrected chi connectivity index (χ2v) is 10.6. The molecule has 2 aliphatic rings. The number of Topliss-reactive ketones (excluding diaryl/α,β-unsaturated/α-hetero) is 1. The van der Waals surface area contributed by atoms with Gasteiger partial charge in [0.05, 0.1) is 39.3 Å². The Morgan fingerprint density at radius 2 is 2.00 bits per heavy atom. The maximum absolute atomic E-state index is 14.0. The van der Waals surface area contributed by atoms with Crippen molar-refractivity contribution in [1.82, 2.24) is 24.4 Å². The number of benzene rings is 1. The number of pyridine rings is 1. The van der Waals surface area contributed by atoms with Gasteiger partial charge in [0.15, 0.2) is 5.78 Å². The largest absolute Gasteiger partial charge is 0.389 e. The molecule has 10 heteroatoms. The average molecular weight is 537 g/mol. The zero-order valence-corrected chi connectivity index (χ0v) is 20.8. The van der Waals surface area contributed by atoms with Gasteiger partial charge < -0.3 is 20.5 Å². The number of aliphatic hydroxyl groups excluding tert-OH is 2. The van der Waals surface area contributed by atoms with E-state index in [4.69, 9.17) is 5.73 Å². The normalized spacial score (nSPS) is 29.2. The highest BCUT2D eigenvalue weighted by molar-refractivity contribution is 9.10. The van der Waals surface area contributed by atoms with E-state index in [2.05, 4.69) is 30.9 Å². The van der Waals surface area contributed by atoms with Crippen molar-refractivity contribution in [3.63, 3.8) is 0 Å². The molecule has 180 valence electrons. The van der Waals surface area contributed by atoms with Crippen LogP contribution >= 0.6 is 15.9 Å². The number of nitrogens with two attached hydrogens (primary N) is 1. The van der Waals surface area contributed by atoms with Gasteiger partial charge in [-0.2, -0.15) is 0 Å². The fourth-order valence-corrected chi connectivity index (χ4v) is 6.36. The molecule has 2 fully saturated rings. The van der Waals surface area contributed by atoms with Crippen LogP contribution in [0.1, 0.15) is 29.8 Å². The van der Waals surface area contributed by atoms with Crippen molar-refractivity contribution in [2.24, 2.45) is 5.41 Å². The smallest absolute Gasteiger partial charge is 0.164 e. The summed E-state index contributed by atoms with van der Waals surface area (Å²) in [5, 5.41) is 24.2. The first-order chi connectivity index (χ1) is 16.7. The van der Waals surface area contributed by atoms with E-state index in [0.29, 0.717) is 29.9 Å². The minimum absolute atomic E-state index is 0.0965. The Hall–Kier alpha value is -2.92. The van der Waals surface area contributed by atoms with Crippen LogP contribution in [0.25, 0.3) is 21.9 Å². The molecule has 5 unspecified atom stereocenters. The van der Waals surface area contributed by atoms with Crippen LogP contribution in [0.4, 0.5) is 5.82 Å². The second kappa shape index (κ2) is 7.79. The lowest BCUT2D eigenvalue weighted by Gasteiger charge is -2.25. The van der Waals surface area contributed by atoms with Crippen molar-refractivity contribution in [1.29, 1.82) is 0 Å². The van der Waals surface area contributed by atoms with Crippen molar-refractivity contribution in [2.45, 2.75) is 37.6 Å². The first-order valence-electron chi connectivity index (χ1n) is 11.5. The number of nitrogen functional groups attached to an aromatic ring is 1. The molecule has 4 N–H and O–H groups in total. The Labute approximate surface area is 209 Å². The highest BCUT2D eigenvalue weighted by atomic mass is 79.9. The van der Waals surface area contributed by atoms with E-state index in [1.807, 2.05) is 60.0 Å². The molecular weight excluding hydrogens is 512 g/mol. The number of hydrogen-bond donors (Lipinski definition) is 3. The van der Waals surface area contributed by atoms with Gasteiger partial charge in [-0.1, -0.05) is 12.1 Å². The molecule has 4 aromatic rings. The number of fused-ring (bicyclic) bond motifs is 2. The van der Waals surface area contributed by atoms with E-state index in [0.717, 1.165) is 26.5 Å². The van der Waals surface area contributed by atoms with Crippen LogP contribution in [0.3, 0.4) is 0 Å². The van der Waals surface area contributed by atoms with Crippen LogP contribution in [-0.4, -0.2) is 66.2 Å². The number of carbonyl (C=O) groups excluding carboxylic acids is 1. The number of likely N-dealkylation sites (N-methyl/N-ethyl adjacent to an activating group) is 1. The molecule has 1 aromatic carbocycles. The van der Waals surface area contributed by atoms with E-state index in [9.17, 15) is 15.0 Å². The SMILES string of the molecule is Cc1ncnc2c1ccn2C1CC2(CN(C)C(c3ccc4cc(Br)c(N)nc4c3)C2=O)C(O)C1O. The minimum Gasteiger partial charge on any atom is -0.389 e. The van der Waals surface area contributed by atoms with E-state index in [-0.39, 0.29) is 5.78 Å². The number of hydrogen-bond acceptors (Lipinski definition) is 8. The third-order valence-corrected chi connectivity index (χ3v) is 8.41. The third kappa shape index (κ3) is 3.17. The molecule has 0 bridgehead atoms. The van der Waals surface area contributed by atoms with Gasteiger partial charge in [-0.25, -0.2) is 15.0 Å². The summed E-state index contributed by atoms with van der Waals surface area (Å²) in [6.07, 6.45) is 1.36. The second-order valence-electron chi connectivity index (χ2n) is 9.77. The zero-order chi connectivity index (χ0) is 24.6. The van der Waals surface area contributed by atoms with Gasteiger partial charge in [0, 0.05) is 23.5 Å². The van der Waals surface area contributed by atoms with E-state index < -0.39 is 29.7 Å². The predicted octanol–water partition coefficient (Wildman–Crippen LogP) is 2.54. The van der Waals surface area contributed by atoms with E-state index in [1.54, 1.807) is 0 Å². The molecule has 1 aliphatic carbocycles. The molecule has 1 saturated heterocycles. The van der Waals surface area contributed by atoms with Gasteiger partial charge in [0.2, 0.25) is 0 Å². The molecule has 4 heterocycles. The highest BCUT2D eigenvalue weighted by Gasteiger charge is 2.63. The quantitative estimate of drug-likeness (QED) is 0.356. The Bertz CT molecular complexity index is 1510. The molecule has 1 aliphatic heterocycles. The minimum atomic E-state index is -1.20. The number of aromatic nitrogens is 4. The molecule has 5 atom stereocenters. The van der Waals surface area contributed by atoms with Crippen LogP contribution in [-0.2, 0) is 4.79 Å². The van der Waals surface area contributed by atoms with Crippen LogP contribution < -0.4 is 5.73 Å². The van der Waals surface area contributed by atoms with Gasteiger partial charge in [-0.15, -0.1) is 0 Å². The summed E-state index contributed by atoms with van der Waals surface area (Å²) in [5.41, 5.74) is 7.89. The van der Waals surface area contributed by atoms with Gasteiger partial charge >= 0.3 is 0 Å². The fraction of sp³-hybridized carbons (Fsp3) is 0.360. The number of rotatable bonds is 2. The van der Waals surface area contributed by atoms with Crippen molar-refractivity contribution in [2.75, 3.05) is 19.3 Å². The molecule has 0 radical (unpaired) electrons. The molecule has 35 heavy (non-hydrogen) atoms. The molecule has 1 saturated carbocycles. The van der Waals surface area contributed by atoms with E-state index >= 15 is 0 Å². The number of anilines is 1. The molecule has 0 amide bonds. The van der Waals surface area contributed by atoms with Crippen LogP contribution in [0.15, 0.2) is 47.3 Å². The molecule has 9 nitrogen and oxygen atoms in total. The summed E-state index contributed by atoms with van der Waals surface area (Å²) in [6.45, 7) is 2.24. The van der Waals surface area contributed by atoms with Crippen molar-refractivity contribution < 1.29 is 15.0 Å². The Morgan fingerprint density at radius 1 is 1.20 bits per heavy atom. The lowest BCUT2D eigenvalue weighted by Crippen LogP contribution is -2.42. The molecule has 1 spiro atoms. The molecule has 3 aromatic heterocycles. The monoisotopic (exact) mass is 536 g/mol. The summed E-state index contributed by atoms with van der Waals surface area (Å²) in [4.78, 5) is 29.0. The number of nitrogens with zero attached hydrogens (tertiary/aromatic N) is 5. The van der Waals surface area contributed by atoms with Crippen LogP contribution in [0, 0.1) is 12.3 Å². The Kier molecular flexibility index (Phi) is 5.02. The number of ketones is 1. The van der Waals surface area contributed by atoms with Crippen LogP contribution in [0.2, 0.25) is 0 Å². The maximum atomic E-state index is 14.0. The summed E-state index contributed by atoms with van der Waals surface area (Å²) in [7, 11) is 1.87. The first kappa shape index (κ1) is 22.5. The highest BCUT2D eigenvalue weighted by Crippen LogP contribution is 2.53. The van der Waals surface area contributed by atoms with Gasteiger partial charge in [0.25, 0.3) is 0 Å². The van der Waals surface area contributed by atoms with Crippen molar-refractivity contribution in [3.8, 4) is 0 Å². The standard InChI is InChI=1S/C25H25BrN6O3/c1-12-15-5-6-32(24(15)29-11-28-12)18-9-25(22(35)20(18)33)10-31(2)19(21(25)34)14-4-3-13-7-16(26)23(27)30-17(13)8-14/h3-8,11,18-20,22,33,35H,9-10H2,1-2H3,(H2,27,30). The van der Waals surface area contributed by atoms with Gasteiger partial charge in [-0.3, -0.25) is 9.69 Å². The zero-order valence-electron chi connectivity index (χ0n) is 19.3. The number of halogens is 1. The molecule has 6 rings (SSSR count). The topological polar surface area (TPSA) is 130 Å². The van der Waals surface area contributed by atoms with Crippen molar-refractivity contribution in [3.05, 3.63) is 58.6 Å². The fourth-order valence-electron chi connectivity index (χ4n) is 6.02.